The van der Waals surface area contributed by atoms with Crippen molar-refractivity contribution in [1.82, 2.24) is 14.5 Å². The number of benzene rings is 3. The van der Waals surface area contributed by atoms with Gasteiger partial charge in [0.1, 0.15) is 5.82 Å². The van der Waals surface area contributed by atoms with Crippen LogP contribution >= 0.6 is 0 Å². The van der Waals surface area contributed by atoms with Crippen molar-refractivity contribution in [2.75, 3.05) is 5.32 Å². The van der Waals surface area contributed by atoms with E-state index in [2.05, 4.69) is 19.9 Å². The number of rotatable bonds is 6. The van der Waals surface area contributed by atoms with E-state index >= 15 is 0 Å². The second kappa shape index (κ2) is 9.19. The lowest BCUT2D eigenvalue weighted by atomic mass is 10.1. The summed E-state index contributed by atoms with van der Waals surface area (Å²) in [5.74, 6) is 1.82. The quantitative estimate of drug-likeness (QED) is 0.339. The van der Waals surface area contributed by atoms with Gasteiger partial charge in [0.2, 0.25) is 5.89 Å². The first-order chi connectivity index (χ1) is 16.6. The van der Waals surface area contributed by atoms with Crippen molar-refractivity contribution in [3.63, 3.8) is 0 Å². The minimum Gasteiger partial charge on any atom is -0.436 e. The lowest BCUT2D eigenvalue weighted by Crippen LogP contribution is -2.13. The lowest BCUT2D eigenvalue weighted by Gasteiger charge is -2.10. The highest BCUT2D eigenvalue weighted by molar-refractivity contribution is 6.08. The van der Waals surface area contributed by atoms with E-state index in [1.807, 2.05) is 86.8 Å². The highest BCUT2D eigenvalue weighted by Crippen LogP contribution is 2.29. The number of oxazole rings is 1. The molecule has 6 nitrogen and oxygen atoms in total. The Bertz CT molecular complexity index is 1430. The van der Waals surface area contributed by atoms with E-state index in [-0.39, 0.29) is 5.91 Å². The molecule has 5 rings (SSSR count). The topological polar surface area (TPSA) is 73.0 Å². The number of hydrogen-bond acceptors (Lipinski definition) is 4. The second-order valence-electron chi connectivity index (χ2n) is 8.19. The molecule has 0 aliphatic heterocycles. The highest BCUT2D eigenvalue weighted by atomic mass is 16.4. The Hall–Kier alpha value is -4.45. The Balaban J connectivity index is 1.34. The molecule has 0 saturated carbocycles. The third-order valence-electron chi connectivity index (χ3n) is 5.73. The third kappa shape index (κ3) is 4.52. The molecule has 0 bridgehead atoms. The highest BCUT2D eigenvalue weighted by Gasteiger charge is 2.17. The first-order valence-corrected chi connectivity index (χ1v) is 11.1. The summed E-state index contributed by atoms with van der Waals surface area (Å²) in [6.45, 7) is 4.75. The Morgan fingerprint density at radius 1 is 0.941 bits per heavy atom. The van der Waals surface area contributed by atoms with Crippen LogP contribution in [0.3, 0.4) is 0 Å². The SMILES string of the molecule is Cc1ccc(-c2cnc(-c3ccccc3C(=O)Nc3ccc(Cn4ccnc4C)cc3)o2)cc1. The van der Waals surface area contributed by atoms with Crippen molar-refractivity contribution in [3.05, 3.63) is 114 Å². The minimum absolute atomic E-state index is 0.219. The maximum Gasteiger partial charge on any atom is 0.256 e. The van der Waals surface area contributed by atoms with Crippen LogP contribution in [0.25, 0.3) is 22.8 Å². The molecule has 0 unspecified atom stereocenters. The molecule has 34 heavy (non-hydrogen) atoms. The summed E-state index contributed by atoms with van der Waals surface area (Å²) in [6, 6.07) is 23.2. The fourth-order valence-corrected chi connectivity index (χ4v) is 3.78. The molecule has 2 heterocycles. The summed E-state index contributed by atoms with van der Waals surface area (Å²) in [5, 5.41) is 2.98. The summed E-state index contributed by atoms with van der Waals surface area (Å²) >= 11 is 0. The molecule has 2 aromatic heterocycles. The molecule has 1 amide bonds. The molecule has 0 aliphatic carbocycles. The molecular formula is C28H24N4O2. The second-order valence-corrected chi connectivity index (χ2v) is 8.19. The van der Waals surface area contributed by atoms with Crippen LogP contribution in [0.5, 0.6) is 0 Å². The summed E-state index contributed by atoms with van der Waals surface area (Å²) < 4.78 is 8.09. The Morgan fingerprint density at radius 2 is 1.71 bits per heavy atom. The van der Waals surface area contributed by atoms with Gasteiger partial charge in [-0.05, 0) is 43.7 Å². The molecule has 0 spiro atoms. The van der Waals surface area contributed by atoms with Crippen LogP contribution in [0.15, 0.2) is 95.8 Å². The Labute approximate surface area is 197 Å². The predicted molar refractivity (Wildman–Crippen MR) is 133 cm³/mol. The van der Waals surface area contributed by atoms with Crippen LogP contribution in [-0.4, -0.2) is 20.4 Å². The van der Waals surface area contributed by atoms with Crippen LogP contribution < -0.4 is 5.32 Å². The van der Waals surface area contributed by atoms with Gasteiger partial charge in [0.25, 0.3) is 5.91 Å². The molecule has 1 N–H and O–H groups in total. The van der Waals surface area contributed by atoms with Crippen LogP contribution in [0.2, 0.25) is 0 Å². The first-order valence-electron chi connectivity index (χ1n) is 11.1. The summed E-state index contributed by atoms with van der Waals surface area (Å²) in [4.78, 5) is 21.8. The number of aryl methyl sites for hydroxylation is 2. The maximum absolute atomic E-state index is 13.1. The van der Waals surface area contributed by atoms with Gasteiger partial charge in [0, 0.05) is 35.8 Å². The van der Waals surface area contributed by atoms with Crippen LogP contribution in [0, 0.1) is 13.8 Å². The fraction of sp³-hybridized carbons (Fsp3) is 0.107. The zero-order chi connectivity index (χ0) is 23.5. The third-order valence-corrected chi connectivity index (χ3v) is 5.73. The molecule has 0 radical (unpaired) electrons. The van der Waals surface area contributed by atoms with E-state index < -0.39 is 0 Å². The van der Waals surface area contributed by atoms with Crippen molar-refractivity contribution in [2.45, 2.75) is 20.4 Å². The Kier molecular flexibility index (Phi) is 5.79. The molecule has 168 valence electrons. The van der Waals surface area contributed by atoms with Gasteiger partial charge in [0.15, 0.2) is 5.76 Å². The van der Waals surface area contributed by atoms with E-state index in [1.54, 1.807) is 18.5 Å². The summed E-state index contributed by atoms with van der Waals surface area (Å²) in [6.07, 6.45) is 5.43. The van der Waals surface area contributed by atoms with Gasteiger partial charge in [-0.15, -0.1) is 0 Å². The molecular weight excluding hydrogens is 424 g/mol. The van der Waals surface area contributed by atoms with E-state index in [4.69, 9.17) is 4.42 Å². The van der Waals surface area contributed by atoms with Crippen molar-refractivity contribution >= 4 is 11.6 Å². The fourth-order valence-electron chi connectivity index (χ4n) is 3.78. The smallest absolute Gasteiger partial charge is 0.256 e. The number of carbonyl (C=O) groups is 1. The number of nitrogens with zero attached hydrogens (tertiary/aromatic N) is 3. The molecule has 0 saturated heterocycles. The van der Waals surface area contributed by atoms with E-state index in [9.17, 15) is 4.79 Å². The molecule has 3 aromatic carbocycles. The zero-order valence-electron chi connectivity index (χ0n) is 19.0. The number of amides is 1. The van der Waals surface area contributed by atoms with Crippen molar-refractivity contribution in [2.24, 2.45) is 0 Å². The average Bonchev–Trinajstić information content (AvgIpc) is 3.50. The monoisotopic (exact) mass is 448 g/mol. The molecule has 6 heteroatoms. The van der Waals surface area contributed by atoms with Gasteiger partial charge in [0.05, 0.1) is 11.8 Å². The molecule has 0 aliphatic rings. The molecule has 0 fully saturated rings. The number of hydrogen-bond donors (Lipinski definition) is 1. The van der Waals surface area contributed by atoms with Gasteiger partial charge in [-0.25, -0.2) is 9.97 Å². The van der Waals surface area contributed by atoms with E-state index in [0.29, 0.717) is 22.8 Å². The zero-order valence-corrected chi connectivity index (χ0v) is 19.0. The van der Waals surface area contributed by atoms with Crippen molar-refractivity contribution in [3.8, 4) is 22.8 Å². The molecule has 5 aromatic rings. The van der Waals surface area contributed by atoms with Crippen molar-refractivity contribution < 1.29 is 9.21 Å². The van der Waals surface area contributed by atoms with Gasteiger partial charge >= 0.3 is 0 Å². The Morgan fingerprint density at radius 3 is 2.44 bits per heavy atom. The van der Waals surface area contributed by atoms with Crippen LogP contribution in [-0.2, 0) is 6.54 Å². The molecule has 0 atom stereocenters. The number of aromatic nitrogens is 3. The van der Waals surface area contributed by atoms with Gasteiger partial charge < -0.3 is 14.3 Å². The number of imidazole rings is 1. The average molecular weight is 449 g/mol. The normalized spacial score (nSPS) is 10.9. The maximum atomic E-state index is 13.1. The summed E-state index contributed by atoms with van der Waals surface area (Å²) in [7, 11) is 0. The summed E-state index contributed by atoms with van der Waals surface area (Å²) in [5.41, 5.74) is 5.11. The van der Waals surface area contributed by atoms with Gasteiger partial charge in [-0.1, -0.05) is 54.1 Å². The van der Waals surface area contributed by atoms with Gasteiger partial charge in [-0.3, -0.25) is 4.79 Å². The van der Waals surface area contributed by atoms with E-state index in [1.165, 1.54) is 5.56 Å². The first kappa shape index (κ1) is 21.4. The lowest BCUT2D eigenvalue weighted by molar-refractivity contribution is 0.102. The van der Waals surface area contributed by atoms with Crippen LogP contribution in [0.1, 0.15) is 27.3 Å². The van der Waals surface area contributed by atoms with Gasteiger partial charge in [-0.2, -0.15) is 0 Å². The number of anilines is 1. The minimum atomic E-state index is -0.219. The standard InChI is InChI=1S/C28H24N4O2/c1-19-7-11-22(12-8-19)26-17-30-28(34-26)25-6-4-3-5-24(25)27(33)31-23-13-9-21(10-14-23)18-32-16-15-29-20(32)2/h3-17H,18H2,1-2H3,(H,31,33). The van der Waals surface area contributed by atoms with Crippen LogP contribution in [0.4, 0.5) is 5.69 Å². The largest absolute Gasteiger partial charge is 0.436 e. The number of carbonyl (C=O) groups excluding carboxylic acids is 1. The predicted octanol–water partition coefficient (Wildman–Crippen LogP) is 6.12. The van der Waals surface area contributed by atoms with E-state index in [0.717, 1.165) is 29.2 Å². The van der Waals surface area contributed by atoms with Crippen molar-refractivity contribution in [1.29, 1.82) is 0 Å². The number of nitrogens with one attached hydrogen (secondary N) is 1.